The lowest BCUT2D eigenvalue weighted by molar-refractivity contribution is -0.145. The SMILES string of the molecule is COC(=O)C1(c2cccc(F)c2C)C=C(O)CC1. The van der Waals surface area contributed by atoms with E-state index in [-0.39, 0.29) is 11.6 Å². The summed E-state index contributed by atoms with van der Waals surface area (Å²) >= 11 is 0. The number of esters is 1. The standard InChI is InChI=1S/C14H15FO3/c1-9-11(4-3-5-12(9)15)14(13(17)18-2)7-6-10(16)8-14/h3-5,8,16H,6-7H2,1-2H3. The molecule has 0 saturated carbocycles. The number of methoxy groups -OCH3 is 1. The summed E-state index contributed by atoms with van der Waals surface area (Å²) in [5.74, 6) is -0.695. The first-order chi connectivity index (χ1) is 8.51. The average molecular weight is 250 g/mol. The normalized spacial score (nSPS) is 22.7. The molecule has 0 bridgehead atoms. The third-order valence-electron chi connectivity index (χ3n) is 3.49. The summed E-state index contributed by atoms with van der Waals surface area (Å²) in [6.45, 7) is 1.62. The lowest BCUT2D eigenvalue weighted by atomic mass is 9.78. The second-order valence-corrected chi connectivity index (χ2v) is 4.51. The average Bonchev–Trinajstić information content (AvgIpc) is 2.75. The van der Waals surface area contributed by atoms with Crippen LogP contribution in [0.4, 0.5) is 4.39 Å². The Labute approximate surface area is 105 Å². The number of carbonyl (C=O) groups is 1. The molecule has 0 amide bonds. The number of carbonyl (C=O) groups excluding carboxylic acids is 1. The summed E-state index contributed by atoms with van der Waals surface area (Å²) in [5.41, 5.74) is -0.0994. The van der Waals surface area contributed by atoms with E-state index in [1.807, 2.05) is 0 Å². The van der Waals surface area contributed by atoms with Crippen LogP contribution >= 0.6 is 0 Å². The van der Waals surface area contributed by atoms with Gasteiger partial charge in [-0.15, -0.1) is 0 Å². The van der Waals surface area contributed by atoms with Crippen molar-refractivity contribution in [1.29, 1.82) is 0 Å². The molecular weight excluding hydrogens is 235 g/mol. The van der Waals surface area contributed by atoms with Gasteiger partial charge in [-0.25, -0.2) is 4.39 Å². The van der Waals surface area contributed by atoms with Gasteiger partial charge in [0.25, 0.3) is 0 Å². The monoisotopic (exact) mass is 250 g/mol. The lowest BCUT2D eigenvalue weighted by Gasteiger charge is -2.26. The van der Waals surface area contributed by atoms with Crippen molar-refractivity contribution in [3.63, 3.8) is 0 Å². The Bertz CT molecular complexity index is 522. The van der Waals surface area contributed by atoms with Gasteiger partial charge in [-0.2, -0.15) is 0 Å². The molecule has 1 N–H and O–H groups in total. The number of hydrogen-bond acceptors (Lipinski definition) is 3. The minimum Gasteiger partial charge on any atom is -0.513 e. The highest BCUT2D eigenvalue weighted by Gasteiger charge is 2.44. The molecule has 1 aromatic carbocycles. The molecule has 0 saturated heterocycles. The van der Waals surface area contributed by atoms with Crippen molar-refractivity contribution in [3.8, 4) is 0 Å². The Morgan fingerprint density at radius 3 is 2.78 bits per heavy atom. The predicted molar refractivity (Wildman–Crippen MR) is 64.8 cm³/mol. The van der Waals surface area contributed by atoms with Crippen LogP contribution in [0.25, 0.3) is 0 Å². The van der Waals surface area contributed by atoms with Crippen LogP contribution in [-0.2, 0) is 14.9 Å². The van der Waals surface area contributed by atoms with Gasteiger partial charge in [0.15, 0.2) is 0 Å². The van der Waals surface area contributed by atoms with Crippen molar-refractivity contribution >= 4 is 5.97 Å². The molecule has 0 aromatic heterocycles. The number of allylic oxidation sites excluding steroid dienone is 1. The first kappa shape index (κ1) is 12.6. The summed E-state index contributed by atoms with van der Waals surface area (Å²) in [7, 11) is 1.29. The van der Waals surface area contributed by atoms with Gasteiger partial charge in [0.05, 0.1) is 12.9 Å². The zero-order valence-electron chi connectivity index (χ0n) is 10.4. The van der Waals surface area contributed by atoms with E-state index in [4.69, 9.17) is 4.74 Å². The Morgan fingerprint density at radius 1 is 1.50 bits per heavy atom. The van der Waals surface area contributed by atoms with E-state index in [0.717, 1.165) is 0 Å². The van der Waals surface area contributed by atoms with E-state index in [2.05, 4.69) is 0 Å². The second kappa shape index (κ2) is 4.44. The Hall–Kier alpha value is -1.84. The van der Waals surface area contributed by atoms with Gasteiger partial charge in [0.1, 0.15) is 11.2 Å². The van der Waals surface area contributed by atoms with Gasteiger partial charge in [0.2, 0.25) is 0 Å². The third kappa shape index (κ3) is 1.78. The number of ether oxygens (including phenoxy) is 1. The van der Waals surface area contributed by atoms with Gasteiger partial charge in [0, 0.05) is 6.42 Å². The number of halogens is 1. The van der Waals surface area contributed by atoms with E-state index < -0.39 is 11.4 Å². The molecule has 1 atom stereocenters. The van der Waals surface area contributed by atoms with E-state index in [0.29, 0.717) is 24.0 Å². The van der Waals surface area contributed by atoms with Crippen LogP contribution in [0.15, 0.2) is 30.0 Å². The van der Waals surface area contributed by atoms with Gasteiger partial charge >= 0.3 is 5.97 Å². The molecule has 3 nitrogen and oxygen atoms in total. The van der Waals surface area contributed by atoms with Crippen LogP contribution in [0.1, 0.15) is 24.0 Å². The molecule has 2 rings (SSSR count). The Balaban J connectivity index is 2.62. The fraction of sp³-hybridized carbons (Fsp3) is 0.357. The van der Waals surface area contributed by atoms with Crippen molar-refractivity contribution in [2.24, 2.45) is 0 Å². The zero-order chi connectivity index (χ0) is 13.3. The molecule has 0 aliphatic heterocycles. The molecule has 0 spiro atoms. The molecular formula is C14H15FO3. The van der Waals surface area contributed by atoms with Crippen LogP contribution in [-0.4, -0.2) is 18.2 Å². The summed E-state index contributed by atoms with van der Waals surface area (Å²) in [5, 5.41) is 9.59. The highest BCUT2D eigenvalue weighted by Crippen LogP contribution is 2.41. The topological polar surface area (TPSA) is 46.5 Å². The van der Waals surface area contributed by atoms with E-state index in [9.17, 15) is 14.3 Å². The zero-order valence-corrected chi connectivity index (χ0v) is 10.4. The highest BCUT2D eigenvalue weighted by atomic mass is 19.1. The van der Waals surface area contributed by atoms with Crippen molar-refractivity contribution in [3.05, 3.63) is 47.0 Å². The first-order valence-corrected chi connectivity index (χ1v) is 5.76. The van der Waals surface area contributed by atoms with Gasteiger partial charge in [-0.1, -0.05) is 12.1 Å². The fourth-order valence-corrected chi connectivity index (χ4v) is 2.51. The Kier molecular flexibility index (Phi) is 3.11. The van der Waals surface area contributed by atoms with Gasteiger partial charge < -0.3 is 9.84 Å². The molecule has 96 valence electrons. The quantitative estimate of drug-likeness (QED) is 0.821. The maximum Gasteiger partial charge on any atom is 0.320 e. The molecule has 1 unspecified atom stereocenters. The molecule has 1 aromatic rings. The molecule has 4 heteroatoms. The van der Waals surface area contributed by atoms with Gasteiger partial charge in [-0.05, 0) is 36.6 Å². The van der Waals surface area contributed by atoms with Crippen molar-refractivity contribution in [2.45, 2.75) is 25.2 Å². The van der Waals surface area contributed by atoms with Crippen molar-refractivity contribution in [2.75, 3.05) is 7.11 Å². The molecule has 0 fully saturated rings. The molecule has 18 heavy (non-hydrogen) atoms. The number of aliphatic hydroxyl groups excluding tert-OH is 1. The van der Waals surface area contributed by atoms with E-state index >= 15 is 0 Å². The number of rotatable bonds is 2. The second-order valence-electron chi connectivity index (χ2n) is 4.51. The molecule has 1 aliphatic rings. The minimum absolute atomic E-state index is 0.143. The fourth-order valence-electron chi connectivity index (χ4n) is 2.51. The van der Waals surface area contributed by atoms with Crippen LogP contribution in [0.2, 0.25) is 0 Å². The molecule has 0 radical (unpaired) electrons. The van der Waals surface area contributed by atoms with Crippen molar-refractivity contribution < 1.29 is 19.0 Å². The summed E-state index contributed by atoms with van der Waals surface area (Å²) in [6.07, 6.45) is 2.27. The number of benzene rings is 1. The Morgan fingerprint density at radius 2 is 2.22 bits per heavy atom. The minimum atomic E-state index is -1.06. The smallest absolute Gasteiger partial charge is 0.320 e. The van der Waals surface area contributed by atoms with Crippen LogP contribution in [0, 0.1) is 12.7 Å². The third-order valence-corrected chi connectivity index (χ3v) is 3.49. The largest absolute Gasteiger partial charge is 0.513 e. The van der Waals surface area contributed by atoms with Crippen LogP contribution in [0.3, 0.4) is 0 Å². The highest BCUT2D eigenvalue weighted by molar-refractivity contribution is 5.87. The number of hydrogen-bond donors (Lipinski definition) is 1. The summed E-state index contributed by atoms with van der Waals surface area (Å²) < 4.78 is 18.4. The van der Waals surface area contributed by atoms with Gasteiger partial charge in [-0.3, -0.25) is 4.79 Å². The van der Waals surface area contributed by atoms with E-state index in [1.54, 1.807) is 19.1 Å². The molecule has 0 heterocycles. The van der Waals surface area contributed by atoms with E-state index in [1.165, 1.54) is 19.3 Å². The summed E-state index contributed by atoms with van der Waals surface area (Å²) in [4.78, 5) is 12.0. The van der Waals surface area contributed by atoms with Crippen LogP contribution in [0.5, 0.6) is 0 Å². The summed E-state index contributed by atoms with van der Waals surface area (Å²) in [6, 6.07) is 4.61. The maximum absolute atomic E-state index is 13.6. The van der Waals surface area contributed by atoms with Crippen LogP contribution < -0.4 is 0 Å². The first-order valence-electron chi connectivity index (χ1n) is 5.76. The maximum atomic E-state index is 13.6. The lowest BCUT2D eigenvalue weighted by Crippen LogP contribution is -2.34. The number of aliphatic hydroxyl groups is 1. The molecule has 1 aliphatic carbocycles. The predicted octanol–water partition coefficient (Wildman–Crippen LogP) is 2.78. The van der Waals surface area contributed by atoms with Crippen molar-refractivity contribution in [1.82, 2.24) is 0 Å².